The molecule has 2 N–H and O–H groups in total. The summed E-state index contributed by atoms with van der Waals surface area (Å²) in [4.78, 5) is 12.5. The van der Waals surface area contributed by atoms with E-state index in [1.54, 1.807) is 0 Å². The quantitative estimate of drug-likeness (QED) is 0.269. The van der Waals surface area contributed by atoms with Gasteiger partial charge in [-0.3, -0.25) is 4.79 Å². The molecule has 160 valence electrons. The van der Waals surface area contributed by atoms with Crippen molar-refractivity contribution in [3.05, 3.63) is 48.8 Å². The van der Waals surface area contributed by atoms with E-state index in [1.165, 1.54) is 24.6 Å². The lowest BCUT2D eigenvalue weighted by atomic mass is 10.2. The van der Waals surface area contributed by atoms with Crippen LogP contribution < -0.4 is 10.7 Å². The molecule has 0 bridgehead atoms. The van der Waals surface area contributed by atoms with Crippen molar-refractivity contribution in [3.8, 4) is 0 Å². The Labute approximate surface area is 182 Å². The molecule has 1 heterocycles. The number of allylic oxidation sites excluding steroid dienone is 1. The van der Waals surface area contributed by atoms with Gasteiger partial charge >= 0.3 is 0 Å². The Kier molecular flexibility index (Phi) is 8.50. The number of hydrazone groups is 1. The van der Waals surface area contributed by atoms with E-state index in [-0.39, 0.29) is 11.2 Å². The first kappa shape index (κ1) is 22.1. The SMILES string of the molecule is C=CCn1c(CNc2ccccc2)nnc1S[C@H](C)C(=O)NN=C1CCCCCC1. The second-order valence-corrected chi connectivity index (χ2v) is 8.65. The number of para-hydroxylation sites is 1. The summed E-state index contributed by atoms with van der Waals surface area (Å²) in [5.74, 6) is 0.682. The lowest BCUT2D eigenvalue weighted by Crippen LogP contribution is -2.28. The first-order chi connectivity index (χ1) is 14.7. The van der Waals surface area contributed by atoms with Crippen LogP contribution in [0, 0.1) is 0 Å². The predicted octanol–water partition coefficient (Wildman–Crippen LogP) is 4.38. The van der Waals surface area contributed by atoms with E-state index >= 15 is 0 Å². The van der Waals surface area contributed by atoms with E-state index < -0.39 is 0 Å². The van der Waals surface area contributed by atoms with Gasteiger partial charge in [-0.1, -0.05) is 48.9 Å². The normalized spacial score (nSPS) is 15.2. The lowest BCUT2D eigenvalue weighted by molar-refractivity contribution is -0.120. The fraction of sp³-hybridized carbons (Fsp3) is 0.455. The number of thioether (sulfide) groups is 1. The van der Waals surface area contributed by atoms with Crippen molar-refractivity contribution in [2.24, 2.45) is 5.10 Å². The zero-order valence-electron chi connectivity index (χ0n) is 17.5. The summed E-state index contributed by atoms with van der Waals surface area (Å²) < 4.78 is 1.98. The predicted molar refractivity (Wildman–Crippen MR) is 123 cm³/mol. The molecule has 7 nitrogen and oxygen atoms in total. The molecule has 0 aliphatic heterocycles. The Balaban J connectivity index is 1.60. The van der Waals surface area contributed by atoms with Gasteiger partial charge < -0.3 is 9.88 Å². The third-order valence-corrected chi connectivity index (χ3v) is 6.07. The molecule has 0 saturated heterocycles. The highest BCUT2D eigenvalue weighted by Gasteiger charge is 2.20. The number of rotatable bonds is 9. The molecular formula is C22H30N6OS. The Hall–Kier alpha value is -2.61. The highest BCUT2D eigenvalue weighted by Crippen LogP contribution is 2.23. The molecule has 3 rings (SSSR count). The molecule has 1 aliphatic carbocycles. The van der Waals surface area contributed by atoms with Crippen molar-refractivity contribution >= 4 is 29.1 Å². The second-order valence-electron chi connectivity index (χ2n) is 7.35. The van der Waals surface area contributed by atoms with Gasteiger partial charge in [0.05, 0.1) is 11.8 Å². The number of hydrogen-bond donors (Lipinski definition) is 2. The van der Waals surface area contributed by atoms with Crippen molar-refractivity contribution < 1.29 is 4.79 Å². The van der Waals surface area contributed by atoms with Crippen LogP contribution >= 0.6 is 11.8 Å². The van der Waals surface area contributed by atoms with Crippen LogP contribution in [-0.2, 0) is 17.9 Å². The Morgan fingerprint density at radius 2 is 1.97 bits per heavy atom. The first-order valence-electron chi connectivity index (χ1n) is 10.5. The minimum Gasteiger partial charge on any atom is -0.378 e. The van der Waals surface area contributed by atoms with Crippen LogP contribution in [0.25, 0.3) is 0 Å². The minimum absolute atomic E-state index is 0.117. The topological polar surface area (TPSA) is 84.2 Å². The summed E-state index contributed by atoms with van der Waals surface area (Å²) in [6.07, 6.45) is 8.58. The highest BCUT2D eigenvalue weighted by atomic mass is 32.2. The van der Waals surface area contributed by atoms with E-state index in [1.807, 2.05) is 47.9 Å². The standard InChI is InChI=1S/C22H30N6OS/c1-3-15-28-20(16-23-18-11-9-6-10-12-18)25-27-22(28)30-17(2)21(29)26-24-19-13-7-4-5-8-14-19/h3,6,9-12,17,23H,1,4-5,7-8,13-16H2,2H3,(H,26,29)/t17-/m1/s1. The summed E-state index contributed by atoms with van der Waals surface area (Å²) >= 11 is 1.38. The van der Waals surface area contributed by atoms with Gasteiger partial charge in [0.25, 0.3) is 5.91 Å². The summed E-state index contributed by atoms with van der Waals surface area (Å²) in [6, 6.07) is 9.96. The van der Waals surface area contributed by atoms with Gasteiger partial charge in [0, 0.05) is 17.9 Å². The Bertz CT molecular complexity index is 854. The van der Waals surface area contributed by atoms with Gasteiger partial charge in [-0.05, 0) is 44.7 Å². The Morgan fingerprint density at radius 1 is 1.23 bits per heavy atom. The van der Waals surface area contributed by atoms with Crippen molar-refractivity contribution in [2.75, 3.05) is 5.32 Å². The second kappa shape index (κ2) is 11.5. The number of benzene rings is 1. The summed E-state index contributed by atoms with van der Waals surface area (Å²) in [6.45, 7) is 6.82. The maximum absolute atomic E-state index is 12.5. The number of nitrogens with zero attached hydrogens (tertiary/aromatic N) is 4. The van der Waals surface area contributed by atoms with E-state index in [2.05, 4.69) is 32.6 Å². The van der Waals surface area contributed by atoms with Crippen molar-refractivity contribution in [3.63, 3.8) is 0 Å². The molecular weight excluding hydrogens is 396 g/mol. The largest absolute Gasteiger partial charge is 0.378 e. The van der Waals surface area contributed by atoms with Crippen LogP contribution in [-0.4, -0.2) is 31.6 Å². The number of carbonyl (C=O) groups is 1. The van der Waals surface area contributed by atoms with Crippen LogP contribution in [0.5, 0.6) is 0 Å². The third-order valence-electron chi connectivity index (χ3n) is 4.99. The number of aromatic nitrogens is 3. The molecule has 30 heavy (non-hydrogen) atoms. The average molecular weight is 427 g/mol. The van der Waals surface area contributed by atoms with Crippen molar-refractivity contribution in [1.29, 1.82) is 0 Å². The van der Waals surface area contributed by atoms with E-state index in [4.69, 9.17) is 0 Å². The number of anilines is 1. The zero-order valence-corrected chi connectivity index (χ0v) is 18.3. The lowest BCUT2D eigenvalue weighted by Gasteiger charge is -2.12. The van der Waals surface area contributed by atoms with Gasteiger partial charge in [-0.25, -0.2) is 5.43 Å². The van der Waals surface area contributed by atoms with Gasteiger partial charge in [0.15, 0.2) is 11.0 Å². The van der Waals surface area contributed by atoms with Gasteiger partial charge in [0.2, 0.25) is 0 Å². The molecule has 0 radical (unpaired) electrons. The molecule has 0 spiro atoms. The number of nitrogens with one attached hydrogen (secondary N) is 2. The smallest absolute Gasteiger partial charge is 0.253 e. The maximum Gasteiger partial charge on any atom is 0.253 e. The molecule has 1 saturated carbocycles. The molecule has 2 aromatic rings. The van der Waals surface area contributed by atoms with Gasteiger partial charge in [-0.2, -0.15) is 5.10 Å². The Morgan fingerprint density at radius 3 is 2.67 bits per heavy atom. The zero-order chi connectivity index (χ0) is 21.2. The third kappa shape index (κ3) is 6.45. The van der Waals surface area contributed by atoms with Crippen LogP contribution in [0.3, 0.4) is 0 Å². The molecule has 1 fully saturated rings. The molecule has 1 atom stereocenters. The number of amides is 1. The molecule has 0 unspecified atom stereocenters. The number of carbonyl (C=O) groups excluding carboxylic acids is 1. The van der Waals surface area contributed by atoms with Gasteiger partial charge in [-0.15, -0.1) is 16.8 Å². The van der Waals surface area contributed by atoms with Crippen LogP contribution in [0.2, 0.25) is 0 Å². The monoisotopic (exact) mass is 426 g/mol. The summed E-state index contributed by atoms with van der Waals surface area (Å²) in [5.41, 5.74) is 4.86. The molecule has 1 aromatic heterocycles. The van der Waals surface area contributed by atoms with Crippen molar-refractivity contribution in [2.45, 2.75) is 68.9 Å². The average Bonchev–Trinajstić information content (AvgIpc) is 2.96. The first-order valence-corrected chi connectivity index (χ1v) is 11.4. The fourth-order valence-electron chi connectivity index (χ4n) is 3.27. The van der Waals surface area contributed by atoms with Gasteiger partial charge in [0.1, 0.15) is 0 Å². The molecule has 8 heteroatoms. The van der Waals surface area contributed by atoms with Crippen LogP contribution in [0.15, 0.2) is 53.2 Å². The summed E-state index contributed by atoms with van der Waals surface area (Å²) in [5, 5.41) is 16.7. The fourth-order valence-corrected chi connectivity index (χ4v) is 4.14. The molecule has 1 aliphatic rings. The molecule has 1 amide bonds. The van der Waals surface area contributed by atoms with Crippen molar-refractivity contribution in [1.82, 2.24) is 20.2 Å². The van der Waals surface area contributed by atoms with Crippen LogP contribution in [0.1, 0.15) is 51.3 Å². The van der Waals surface area contributed by atoms with E-state index in [0.717, 1.165) is 42.9 Å². The molecule has 1 aromatic carbocycles. The van der Waals surface area contributed by atoms with E-state index in [0.29, 0.717) is 18.2 Å². The minimum atomic E-state index is -0.331. The number of hydrogen-bond acceptors (Lipinski definition) is 6. The van der Waals surface area contributed by atoms with E-state index in [9.17, 15) is 4.79 Å². The summed E-state index contributed by atoms with van der Waals surface area (Å²) in [7, 11) is 0. The highest BCUT2D eigenvalue weighted by molar-refractivity contribution is 8.00. The van der Waals surface area contributed by atoms with Crippen LogP contribution in [0.4, 0.5) is 5.69 Å². The maximum atomic E-state index is 12.5.